The molecule has 5 heteroatoms. The molecule has 2 aromatic carbocycles. The summed E-state index contributed by atoms with van der Waals surface area (Å²) in [6, 6.07) is 18.4. The van der Waals surface area contributed by atoms with Gasteiger partial charge in [0.2, 0.25) is 5.60 Å². The quantitative estimate of drug-likeness (QED) is 0.763. The molecular formula is C24H30N2O3. The Kier molecular flexibility index (Phi) is 5.72. The summed E-state index contributed by atoms with van der Waals surface area (Å²) in [6.45, 7) is 2.95. The second-order valence-electron chi connectivity index (χ2n) is 8.52. The smallest absolute Gasteiger partial charge is 0.348 e. The molecule has 3 heterocycles. The highest BCUT2D eigenvalue weighted by molar-refractivity contribution is 5.85. The average molecular weight is 395 g/mol. The van der Waals surface area contributed by atoms with Gasteiger partial charge < -0.3 is 14.7 Å². The van der Waals surface area contributed by atoms with Gasteiger partial charge in [0.25, 0.3) is 0 Å². The molecule has 3 saturated heterocycles. The highest BCUT2D eigenvalue weighted by Gasteiger charge is 2.48. The first-order valence-corrected chi connectivity index (χ1v) is 10.4. The second-order valence-corrected chi connectivity index (χ2v) is 8.52. The molecule has 5 nitrogen and oxygen atoms in total. The lowest BCUT2D eigenvalue weighted by Crippen LogP contribution is -2.62. The lowest BCUT2D eigenvalue weighted by atomic mass is 9.79. The maximum atomic E-state index is 13.5. The summed E-state index contributed by atoms with van der Waals surface area (Å²) >= 11 is 0. The van der Waals surface area contributed by atoms with Gasteiger partial charge >= 0.3 is 5.97 Å². The zero-order chi connectivity index (χ0) is 20.4. The molecule has 0 amide bonds. The Balaban J connectivity index is 1.66. The molecule has 154 valence electrons. The van der Waals surface area contributed by atoms with Crippen LogP contribution in [0.25, 0.3) is 0 Å². The van der Waals surface area contributed by atoms with Crippen molar-refractivity contribution >= 4 is 5.97 Å². The monoisotopic (exact) mass is 394 g/mol. The number of piperidine rings is 3. The second kappa shape index (κ2) is 8.27. The molecule has 0 unspecified atom stereocenters. The standard InChI is InChI=1S/C24H30N2O3/c1-25(2)17-21-22(18-13-15-26(21)16-14-18)29-23(27)24(28,19-9-5-3-6-10-19)20-11-7-4-8-12-20/h3-12,18,21-22,28H,13-17H2,1-2H3/t21-,22+/m0/s1. The molecule has 3 aliphatic rings. The Labute approximate surface area is 172 Å². The van der Waals surface area contributed by atoms with Gasteiger partial charge in [0.1, 0.15) is 6.10 Å². The van der Waals surface area contributed by atoms with E-state index in [2.05, 4.69) is 9.80 Å². The van der Waals surface area contributed by atoms with Crippen LogP contribution >= 0.6 is 0 Å². The summed E-state index contributed by atoms with van der Waals surface area (Å²) in [4.78, 5) is 18.1. The van der Waals surface area contributed by atoms with Crippen LogP contribution in [0.2, 0.25) is 0 Å². The van der Waals surface area contributed by atoms with E-state index in [1.165, 1.54) is 0 Å². The van der Waals surface area contributed by atoms with E-state index in [4.69, 9.17) is 4.74 Å². The molecule has 0 radical (unpaired) electrons. The number of hydrogen-bond donors (Lipinski definition) is 1. The van der Waals surface area contributed by atoms with E-state index in [0.717, 1.165) is 32.5 Å². The summed E-state index contributed by atoms with van der Waals surface area (Å²) < 4.78 is 6.16. The van der Waals surface area contributed by atoms with Gasteiger partial charge in [-0.2, -0.15) is 0 Å². The van der Waals surface area contributed by atoms with Crippen molar-refractivity contribution in [2.75, 3.05) is 33.7 Å². The van der Waals surface area contributed by atoms with Crippen LogP contribution in [-0.2, 0) is 15.1 Å². The van der Waals surface area contributed by atoms with Crippen LogP contribution in [0.3, 0.4) is 0 Å². The third kappa shape index (κ3) is 3.82. The number of fused-ring (bicyclic) bond motifs is 3. The van der Waals surface area contributed by atoms with Gasteiger partial charge in [-0.15, -0.1) is 0 Å². The Bertz CT molecular complexity index is 777. The van der Waals surface area contributed by atoms with Crippen molar-refractivity contribution in [3.63, 3.8) is 0 Å². The van der Waals surface area contributed by atoms with E-state index in [9.17, 15) is 9.90 Å². The topological polar surface area (TPSA) is 53.0 Å². The fraction of sp³-hybridized carbons (Fsp3) is 0.458. The van der Waals surface area contributed by atoms with Gasteiger partial charge in [0.15, 0.2) is 0 Å². The minimum Gasteiger partial charge on any atom is -0.458 e. The van der Waals surface area contributed by atoms with Crippen molar-refractivity contribution in [1.82, 2.24) is 9.80 Å². The number of likely N-dealkylation sites (N-methyl/N-ethyl adjacent to an activating group) is 1. The zero-order valence-electron chi connectivity index (χ0n) is 17.2. The molecule has 0 saturated carbocycles. The summed E-state index contributed by atoms with van der Waals surface area (Å²) in [6.07, 6.45) is 1.87. The number of benzene rings is 2. The van der Waals surface area contributed by atoms with E-state index in [0.29, 0.717) is 17.0 Å². The Hall–Kier alpha value is -2.21. The normalized spacial score (nSPS) is 26.5. The van der Waals surface area contributed by atoms with E-state index < -0.39 is 11.6 Å². The summed E-state index contributed by atoms with van der Waals surface area (Å²) in [7, 11) is 4.10. The van der Waals surface area contributed by atoms with Gasteiger partial charge in [-0.05, 0) is 57.1 Å². The molecule has 29 heavy (non-hydrogen) atoms. The molecule has 5 rings (SSSR count). The number of esters is 1. The van der Waals surface area contributed by atoms with Gasteiger partial charge in [0, 0.05) is 6.54 Å². The molecule has 0 spiro atoms. The maximum absolute atomic E-state index is 13.5. The van der Waals surface area contributed by atoms with Crippen molar-refractivity contribution in [3.8, 4) is 0 Å². The largest absolute Gasteiger partial charge is 0.458 e. The van der Waals surface area contributed by atoms with Crippen molar-refractivity contribution in [2.24, 2.45) is 5.92 Å². The Morgan fingerprint density at radius 2 is 1.55 bits per heavy atom. The highest BCUT2D eigenvalue weighted by atomic mass is 16.6. The SMILES string of the molecule is CN(C)C[C@H]1[C@H](OC(=O)C(O)(c2ccccc2)c2ccccc2)C2CCN1CC2. The fourth-order valence-corrected chi connectivity index (χ4v) is 4.84. The summed E-state index contributed by atoms with van der Waals surface area (Å²) in [5.41, 5.74) is -0.764. The molecule has 2 atom stereocenters. The van der Waals surface area contributed by atoms with Gasteiger partial charge in [0.05, 0.1) is 6.04 Å². The molecule has 0 aromatic heterocycles. The van der Waals surface area contributed by atoms with Crippen molar-refractivity contribution in [1.29, 1.82) is 0 Å². The first-order chi connectivity index (χ1) is 14.0. The molecular weight excluding hydrogens is 364 g/mol. The van der Waals surface area contributed by atoms with E-state index >= 15 is 0 Å². The predicted molar refractivity (Wildman–Crippen MR) is 112 cm³/mol. The number of carbonyl (C=O) groups excluding carboxylic acids is 1. The van der Waals surface area contributed by atoms with Gasteiger partial charge in [-0.3, -0.25) is 4.90 Å². The number of hydrogen-bond acceptors (Lipinski definition) is 5. The van der Waals surface area contributed by atoms with Crippen molar-refractivity contribution in [3.05, 3.63) is 71.8 Å². The highest BCUT2D eigenvalue weighted by Crippen LogP contribution is 2.38. The fourth-order valence-electron chi connectivity index (χ4n) is 4.84. The predicted octanol–water partition coefficient (Wildman–Crippen LogP) is 2.49. The van der Waals surface area contributed by atoms with Gasteiger partial charge in [-0.25, -0.2) is 4.79 Å². The van der Waals surface area contributed by atoms with Gasteiger partial charge in [-0.1, -0.05) is 60.7 Å². The average Bonchev–Trinajstić information content (AvgIpc) is 2.76. The zero-order valence-corrected chi connectivity index (χ0v) is 17.2. The van der Waals surface area contributed by atoms with Crippen LogP contribution in [0.5, 0.6) is 0 Å². The Morgan fingerprint density at radius 3 is 2.03 bits per heavy atom. The molecule has 3 fully saturated rings. The van der Waals surface area contributed by atoms with E-state index in [-0.39, 0.29) is 12.1 Å². The van der Waals surface area contributed by atoms with E-state index in [1.807, 2.05) is 50.5 Å². The van der Waals surface area contributed by atoms with Crippen LogP contribution in [0.1, 0.15) is 24.0 Å². The molecule has 1 N–H and O–H groups in total. The van der Waals surface area contributed by atoms with Crippen molar-refractivity contribution in [2.45, 2.75) is 30.6 Å². The lowest BCUT2D eigenvalue weighted by Gasteiger charge is -2.51. The first-order valence-electron chi connectivity index (χ1n) is 10.4. The van der Waals surface area contributed by atoms with Crippen molar-refractivity contribution < 1.29 is 14.6 Å². The number of aliphatic hydroxyl groups is 1. The molecule has 0 aliphatic carbocycles. The van der Waals surface area contributed by atoms with Crippen LogP contribution in [0, 0.1) is 5.92 Å². The number of nitrogens with zero attached hydrogens (tertiary/aromatic N) is 2. The number of carbonyl (C=O) groups is 1. The number of rotatable bonds is 6. The van der Waals surface area contributed by atoms with Crippen LogP contribution < -0.4 is 0 Å². The van der Waals surface area contributed by atoms with Crippen LogP contribution in [0.15, 0.2) is 60.7 Å². The first kappa shape index (κ1) is 20.1. The Morgan fingerprint density at radius 1 is 1.03 bits per heavy atom. The lowest BCUT2D eigenvalue weighted by molar-refractivity contribution is -0.184. The van der Waals surface area contributed by atoms with Crippen LogP contribution in [0.4, 0.5) is 0 Å². The molecule has 2 bridgehead atoms. The van der Waals surface area contributed by atoms with E-state index in [1.54, 1.807) is 24.3 Å². The minimum absolute atomic E-state index is 0.164. The number of ether oxygens (including phenoxy) is 1. The molecule has 3 aliphatic heterocycles. The summed E-state index contributed by atoms with van der Waals surface area (Å²) in [5, 5.41) is 11.7. The third-order valence-corrected chi connectivity index (χ3v) is 6.36. The summed E-state index contributed by atoms with van der Waals surface area (Å²) in [5.74, 6) is -0.234. The third-order valence-electron chi connectivity index (χ3n) is 6.36. The molecule has 2 aromatic rings. The minimum atomic E-state index is -1.82. The van der Waals surface area contributed by atoms with Crippen LogP contribution in [-0.4, -0.2) is 66.8 Å². The maximum Gasteiger partial charge on any atom is 0.348 e.